The average molecular weight is 247 g/mol. The Hall–Kier alpha value is -1.51. The summed E-state index contributed by atoms with van der Waals surface area (Å²) in [5.41, 5.74) is 2.37. The Morgan fingerprint density at radius 2 is 2.06 bits per heavy atom. The summed E-state index contributed by atoms with van der Waals surface area (Å²) in [6.45, 7) is 7.30. The summed E-state index contributed by atoms with van der Waals surface area (Å²) in [5, 5.41) is 2.89. The van der Waals surface area contributed by atoms with E-state index in [0.717, 1.165) is 24.3 Å². The molecule has 0 atom stereocenters. The molecule has 18 heavy (non-hydrogen) atoms. The van der Waals surface area contributed by atoms with Crippen LogP contribution in [0.15, 0.2) is 18.2 Å². The minimum atomic E-state index is 0.0920. The predicted molar refractivity (Wildman–Crippen MR) is 73.0 cm³/mol. The third-order valence-corrected chi connectivity index (χ3v) is 3.10. The molecule has 0 radical (unpaired) electrons. The van der Waals surface area contributed by atoms with Crippen molar-refractivity contribution in [1.82, 2.24) is 0 Å². The SMILES string of the molecule is CC(C)(C)CCOc1ccc2c(c1)NC(=O)CC2. The van der Waals surface area contributed by atoms with Gasteiger partial charge in [-0.3, -0.25) is 4.79 Å². The van der Waals surface area contributed by atoms with Crippen molar-refractivity contribution in [2.24, 2.45) is 5.41 Å². The van der Waals surface area contributed by atoms with Crippen molar-refractivity contribution in [1.29, 1.82) is 0 Å². The molecule has 1 amide bonds. The van der Waals surface area contributed by atoms with Gasteiger partial charge in [-0.05, 0) is 29.9 Å². The van der Waals surface area contributed by atoms with E-state index in [9.17, 15) is 4.79 Å². The second-order valence-corrected chi connectivity index (χ2v) is 6.03. The first-order valence-corrected chi connectivity index (χ1v) is 6.50. The van der Waals surface area contributed by atoms with E-state index >= 15 is 0 Å². The zero-order valence-corrected chi connectivity index (χ0v) is 11.4. The van der Waals surface area contributed by atoms with E-state index < -0.39 is 0 Å². The Labute approximate surface area is 109 Å². The van der Waals surface area contributed by atoms with Gasteiger partial charge in [-0.2, -0.15) is 0 Å². The lowest BCUT2D eigenvalue weighted by molar-refractivity contribution is -0.116. The Balaban J connectivity index is 1.98. The van der Waals surface area contributed by atoms with Crippen LogP contribution in [0.1, 0.15) is 39.2 Å². The van der Waals surface area contributed by atoms with Gasteiger partial charge in [0.2, 0.25) is 5.91 Å². The molecule has 0 saturated heterocycles. The van der Waals surface area contributed by atoms with E-state index in [1.54, 1.807) is 0 Å². The molecular weight excluding hydrogens is 226 g/mol. The molecule has 2 rings (SSSR count). The molecule has 0 bridgehead atoms. The van der Waals surface area contributed by atoms with Gasteiger partial charge in [0.25, 0.3) is 0 Å². The van der Waals surface area contributed by atoms with Crippen LogP contribution in [-0.2, 0) is 11.2 Å². The van der Waals surface area contributed by atoms with E-state index in [1.165, 1.54) is 5.56 Å². The third-order valence-electron chi connectivity index (χ3n) is 3.10. The number of anilines is 1. The van der Waals surface area contributed by atoms with Crippen LogP contribution in [0.25, 0.3) is 0 Å². The zero-order chi connectivity index (χ0) is 13.2. The highest BCUT2D eigenvalue weighted by Gasteiger charge is 2.15. The van der Waals surface area contributed by atoms with E-state index in [2.05, 4.69) is 26.1 Å². The monoisotopic (exact) mass is 247 g/mol. The zero-order valence-electron chi connectivity index (χ0n) is 11.4. The van der Waals surface area contributed by atoms with Crippen molar-refractivity contribution in [3.05, 3.63) is 23.8 Å². The highest BCUT2D eigenvalue weighted by Crippen LogP contribution is 2.27. The van der Waals surface area contributed by atoms with Gasteiger partial charge >= 0.3 is 0 Å². The van der Waals surface area contributed by atoms with Gasteiger partial charge in [0, 0.05) is 18.2 Å². The minimum absolute atomic E-state index is 0.0920. The number of carbonyl (C=O) groups is 1. The molecule has 1 aliphatic rings. The summed E-state index contributed by atoms with van der Waals surface area (Å²) >= 11 is 0. The maximum absolute atomic E-state index is 11.3. The molecule has 0 spiro atoms. The lowest BCUT2D eigenvalue weighted by Gasteiger charge is -2.20. The highest BCUT2D eigenvalue weighted by atomic mass is 16.5. The van der Waals surface area contributed by atoms with Crippen molar-refractivity contribution in [2.45, 2.75) is 40.0 Å². The summed E-state index contributed by atoms with van der Waals surface area (Å²) in [6, 6.07) is 5.95. The summed E-state index contributed by atoms with van der Waals surface area (Å²) in [6.07, 6.45) is 2.41. The number of aryl methyl sites for hydroxylation is 1. The van der Waals surface area contributed by atoms with Gasteiger partial charge in [0.1, 0.15) is 5.75 Å². The number of carbonyl (C=O) groups excluding carboxylic acids is 1. The normalized spacial score (nSPS) is 14.9. The molecule has 3 nitrogen and oxygen atoms in total. The first-order chi connectivity index (χ1) is 8.44. The molecule has 98 valence electrons. The fourth-order valence-corrected chi connectivity index (χ4v) is 1.92. The van der Waals surface area contributed by atoms with Crippen molar-refractivity contribution < 1.29 is 9.53 Å². The maximum atomic E-state index is 11.3. The third kappa shape index (κ3) is 3.49. The summed E-state index contributed by atoms with van der Waals surface area (Å²) in [4.78, 5) is 11.3. The summed E-state index contributed by atoms with van der Waals surface area (Å²) < 4.78 is 5.73. The smallest absolute Gasteiger partial charge is 0.224 e. The number of hydrogen-bond acceptors (Lipinski definition) is 2. The van der Waals surface area contributed by atoms with E-state index in [-0.39, 0.29) is 11.3 Å². The van der Waals surface area contributed by atoms with Crippen LogP contribution in [0.3, 0.4) is 0 Å². The van der Waals surface area contributed by atoms with Crippen LogP contribution in [0, 0.1) is 5.41 Å². The fourth-order valence-electron chi connectivity index (χ4n) is 1.92. The van der Waals surface area contributed by atoms with Gasteiger partial charge in [-0.1, -0.05) is 26.8 Å². The topological polar surface area (TPSA) is 38.3 Å². The maximum Gasteiger partial charge on any atom is 0.224 e. The number of amides is 1. The molecule has 0 unspecified atom stereocenters. The van der Waals surface area contributed by atoms with Crippen molar-refractivity contribution in [3.8, 4) is 5.75 Å². The van der Waals surface area contributed by atoms with Crippen molar-refractivity contribution >= 4 is 11.6 Å². The lowest BCUT2D eigenvalue weighted by Crippen LogP contribution is -2.19. The summed E-state index contributed by atoms with van der Waals surface area (Å²) in [5.74, 6) is 0.926. The lowest BCUT2D eigenvalue weighted by atomic mass is 9.93. The Bertz CT molecular complexity index is 446. The number of fused-ring (bicyclic) bond motifs is 1. The molecule has 0 aromatic heterocycles. The number of rotatable bonds is 3. The number of nitrogens with one attached hydrogen (secondary N) is 1. The molecule has 1 heterocycles. The first-order valence-electron chi connectivity index (χ1n) is 6.50. The van der Waals surface area contributed by atoms with Crippen LogP contribution in [0.2, 0.25) is 0 Å². The molecule has 1 aromatic rings. The van der Waals surface area contributed by atoms with E-state index in [0.29, 0.717) is 13.0 Å². The number of hydrogen-bond donors (Lipinski definition) is 1. The van der Waals surface area contributed by atoms with Gasteiger partial charge < -0.3 is 10.1 Å². The average Bonchev–Trinajstić information content (AvgIpc) is 2.26. The van der Waals surface area contributed by atoms with Crippen LogP contribution >= 0.6 is 0 Å². The second-order valence-electron chi connectivity index (χ2n) is 6.03. The Kier molecular flexibility index (Phi) is 3.60. The molecule has 0 saturated carbocycles. The highest BCUT2D eigenvalue weighted by molar-refractivity contribution is 5.94. The van der Waals surface area contributed by atoms with Crippen LogP contribution in [0.4, 0.5) is 5.69 Å². The molecule has 1 N–H and O–H groups in total. The molecule has 0 fully saturated rings. The van der Waals surface area contributed by atoms with Gasteiger partial charge in [0.15, 0.2) is 0 Å². The summed E-state index contributed by atoms with van der Waals surface area (Å²) in [7, 11) is 0. The molecule has 1 aromatic carbocycles. The van der Waals surface area contributed by atoms with E-state index in [1.807, 2.05) is 18.2 Å². The number of benzene rings is 1. The predicted octanol–water partition coefficient (Wildman–Crippen LogP) is 3.39. The Morgan fingerprint density at radius 3 is 2.78 bits per heavy atom. The minimum Gasteiger partial charge on any atom is -0.493 e. The number of ether oxygens (including phenoxy) is 1. The second kappa shape index (κ2) is 5.01. The van der Waals surface area contributed by atoms with Crippen molar-refractivity contribution in [2.75, 3.05) is 11.9 Å². The van der Waals surface area contributed by atoms with Gasteiger partial charge in [-0.15, -0.1) is 0 Å². The molecule has 3 heteroatoms. The van der Waals surface area contributed by atoms with Crippen LogP contribution in [0.5, 0.6) is 5.75 Å². The molecular formula is C15H21NO2. The first kappa shape index (κ1) is 12.9. The van der Waals surface area contributed by atoms with Gasteiger partial charge in [-0.25, -0.2) is 0 Å². The van der Waals surface area contributed by atoms with Crippen LogP contribution in [-0.4, -0.2) is 12.5 Å². The molecule has 0 aliphatic carbocycles. The largest absolute Gasteiger partial charge is 0.493 e. The van der Waals surface area contributed by atoms with Crippen molar-refractivity contribution in [3.63, 3.8) is 0 Å². The standard InChI is InChI=1S/C15H21NO2/c1-15(2,3)8-9-18-12-6-4-11-5-7-14(17)16-13(11)10-12/h4,6,10H,5,7-9H2,1-3H3,(H,16,17). The van der Waals surface area contributed by atoms with Gasteiger partial charge in [0.05, 0.1) is 6.61 Å². The van der Waals surface area contributed by atoms with Crippen LogP contribution < -0.4 is 10.1 Å². The Morgan fingerprint density at radius 1 is 1.28 bits per heavy atom. The molecule has 1 aliphatic heterocycles. The van der Waals surface area contributed by atoms with E-state index in [4.69, 9.17) is 4.74 Å². The fraction of sp³-hybridized carbons (Fsp3) is 0.533. The quantitative estimate of drug-likeness (QED) is 0.889.